The summed E-state index contributed by atoms with van der Waals surface area (Å²) in [4.78, 5) is 6.99. The smallest absolute Gasteiger partial charge is 0.131 e. The molecule has 4 heteroatoms. The molecule has 0 aliphatic carbocycles. The molecule has 0 amide bonds. The average molecular weight is 370 g/mol. The Morgan fingerprint density at radius 1 is 1.11 bits per heavy atom. The molecule has 0 aliphatic rings. The Balaban J connectivity index is 0.00000176. The Morgan fingerprint density at radius 3 is 2.56 bits per heavy atom. The molecule has 27 heavy (non-hydrogen) atoms. The van der Waals surface area contributed by atoms with Crippen molar-refractivity contribution in [2.24, 2.45) is 0 Å². The molecule has 148 valence electrons. The van der Waals surface area contributed by atoms with Crippen molar-refractivity contribution in [3.05, 3.63) is 60.3 Å². The van der Waals surface area contributed by atoms with Gasteiger partial charge in [-0.1, -0.05) is 58.0 Å². The standard InChI is InChI=1S/C21H29N3O.C2H6/c1-4-19(11-9-16-25-17-15-24(5-2)6-3)22-21-14-13-18-10-7-8-12-20(18)23-21;1-2/h4,7-14H,5-6,15-17H2,1-3H3,(H,22,23);1-2H3/b11-9-,19-4+;. The molecule has 2 aromatic rings. The summed E-state index contributed by atoms with van der Waals surface area (Å²) in [5, 5.41) is 4.49. The first-order chi connectivity index (χ1) is 13.3. The van der Waals surface area contributed by atoms with E-state index in [1.165, 1.54) is 0 Å². The molecule has 1 heterocycles. The minimum Gasteiger partial charge on any atom is -0.376 e. The number of hydrogen-bond acceptors (Lipinski definition) is 4. The topological polar surface area (TPSA) is 37.4 Å². The number of hydrogen-bond donors (Lipinski definition) is 1. The van der Waals surface area contributed by atoms with E-state index in [9.17, 15) is 0 Å². The largest absolute Gasteiger partial charge is 0.376 e. The van der Waals surface area contributed by atoms with Crippen LogP contribution < -0.4 is 5.32 Å². The van der Waals surface area contributed by atoms with Gasteiger partial charge in [-0.15, -0.1) is 0 Å². The summed E-state index contributed by atoms with van der Waals surface area (Å²) < 4.78 is 5.67. The van der Waals surface area contributed by atoms with Gasteiger partial charge in [0.05, 0.1) is 18.7 Å². The molecule has 0 saturated carbocycles. The van der Waals surface area contributed by atoms with E-state index in [0.29, 0.717) is 6.61 Å². The van der Waals surface area contributed by atoms with Crippen LogP contribution in [0.4, 0.5) is 5.82 Å². The van der Waals surface area contributed by atoms with Crippen molar-refractivity contribution in [1.82, 2.24) is 9.88 Å². The van der Waals surface area contributed by atoms with E-state index in [1.54, 1.807) is 0 Å². The second kappa shape index (κ2) is 14.0. The predicted molar refractivity (Wildman–Crippen MR) is 118 cm³/mol. The van der Waals surface area contributed by atoms with Crippen LogP contribution in [0.25, 0.3) is 10.9 Å². The van der Waals surface area contributed by atoms with Crippen molar-refractivity contribution >= 4 is 16.7 Å². The third-order valence-corrected chi connectivity index (χ3v) is 4.14. The molecule has 1 aromatic heterocycles. The molecule has 0 aliphatic heterocycles. The number of para-hydroxylation sites is 1. The number of anilines is 1. The summed E-state index contributed by atoms with van der Waals surface area (Å²) in [6.07, 6.45) is 6.10. The molecule has 0 radical (unpaired) electrons. The Morgan fingerprint density at radius 2 is 1.85 bits per heavy atom. The molecule has 4 nitrogen and oxygen atoms in total. The van der Waals surface area contributed by atoms with Gasteiger partial charge in [0.25, 0.3) is 0 Å². The van der Waals surface area contributed by atoms with Crippen LogP contribution in [0.15, 0.2) is 60.3 Å². The van der Waals surface area contributed by atoms with Crippen LogP contribution in [0.2, 0.25) is 0 Å². The number of rotatable bonds is 10. The van der Waals surface area contributed by atoms with Crippen LogP contribution in [0.5, 0.6) is 0 Å². The number of ether oxygens (including phenoxy) is 1. The summed E-state index contributed by atoms with van der Waals surface area (Å²) in [6.45, 7) is 14.9. The fourth-order valence-corrected chi connectivity index (χ4v) is 2.55. The van der Waals surface area contributed by atoms with E-state index < -0.39 is 0 Å². The van der Waals surface area contributed by atoms with Crippen LogP contribution in [-0.4, -0.2) is 42.7 Å². The van der Waals surface area contributed by atoms with Crippen LogP contribution >= 0.6 is 0 Å². The van der Waals surface area contributed by atoms with E-state index >= 15 is 0 Å². The zero-order valence-corrected chi connectivity index (χ0v) is 17.5. The number of likely N-dealkylation sites (N-methyl/N-ethyl adjacent to an activating group) is 1. The van der Waals surface area contributed by atoms with Crippen molar-refractivity contribution < 1.29 is 4.74 Å². The lowest BCUT2D eigenvalue weighted by atomic mass is 10.2. The van der Waals surface area contributed by atoms with Gasteiger partial charge >= 0.3 is 0 Å². The van der Waals surface area contributed by atoms with E-state index in [4.69, 9.17) is 4.74 Å². The van der Waals surface area contributed by atoms with Crippen LogP contribution in [0, 0.1) is 0 Å². The van der Waals surface area contributed by atoms with Crippen LogP contribution in [-0.2, 0) is 4.74 Å². The minimum absolute atomic E-state index is 0.617. The van der Waals surface area contributed by atoms with Gasteiger partial charge in [-0.25, -0.2) is 4.98 Å². The van der Waals surface area contributed by atoms with E-state index in [1.807, 2.05) is 63.3 Å². The van der Waals surface area contributed by atoms with Gasteiger partial charge < -0.3 is 15.0 Å². The first-order valence-electron chi connectivity index (χ1n) is 10.0. The highest BCUT2D eigenvalue weighted by Crippen LogP contribution is 2.16. The molecule has 2 rings (SSSR count). The molecular formula is C23H35N3O. The maximum absolute atomic E-state index is 5.67. The van der Waals surface area contributed by atoms with E-state index in [2.05, 4.69) is 41.2 Å². The number of pyridine rings is 1. The maximum Gasteiger partial charge on any atom is 0.131 e. The number of fused-ring (bicyclic) bond motifs is 1. The zero-order chi connectivity index (χ0) is 19.9. The first kappa shape index (κ1) is 22.9. The molecule has 0 atom stereocenters. The summed E-state index contributed by atoms with van der Waals surface area (Å²) in [5.74, 6) is 0.846. The highest BCUT2D eigenvalue weighted by molar-refractivity contribution is 5.80. The maximum atomic E-state index is 5.67. The number of nitrogens with zero attached hydrogens (tertiary/aromatic N) is 2. The Kier molecular flexibility index (Phi) is 11.8. The Bertz CT molecular complexity index is 706. The molecular weight excluding hydrogens is 334 g/mol. The lowest BCUT2D eigenvalue weighted by Crippen LogP contribution is -2.27. The van der Waals surface area contributed by atoms with Gasteiger partial charge in [-0.2, -0.15) is 0 Å². The van der Waals surface area contributed by atoms with Crippen molar-refractivity contribution in [2.45, 2.75) is 34.6 Å². The second-order valence-electron chi connectivity index (χ2n) is 5.76. The highest BCUT2D eigenvalue weighted by Gasteiger charge is 1.99. The first-order valence-corrected chi connectivity index (χ1v) is 10.0. The molecule has 1 aromatic carbocycles. The molecule has 0 fully saturated rings. The third kappa shape index (κ3) is 8.37. The van der Waals surface area contributed by atoms with Gasteiger partial charge in [0.15, 0.2) is 0 Å². The molecule has 0 saturated heterocycles. The highest BCUT2D eigenvalue weighted by atomic mass is 16.5. The van der Waals surface area contributed by atoms with Crippen molar-refractivity contribution in [3.8, 4) is 0 Å². The average Bonchev–Trinajstić information content (AvgIpc) is 2.73. The Labute approximate surface area is 164 Å². The number of aromatic nitrogens is 1. The van der Waals surface area contributed by atoms with Gasteiger partial charge in [-0.05, 0) is 44.3 Å². The fourth-order valence-electron chi connectivity index (χ4n) is 2.55. The lowest BCUT2D eigenvalue weighted by molar-refractivity contribution is 0.128. The SMILES string of the molecule is C/C=C(\C=C/COCCN(CC)CC)Nc1ccc2ccccc2n1.CC. The van der Waals surface area contributed by atoms with Gasteiger partial charge in [-0.3, -0.25) is 0 Å². The summed E-state index contributed by atoms with van der Waals surface area (Å²) >= 11 is 0. The fraction of sp³-hybridized carbons (Fsp3) is 0.435. The number of allylic oxidation sites excluding steroid dienone is 2. The predicted octanol–water partition coefficient (Wildman–Crippen LogP) is 5.49. The minimum atomic E-state index is 0.617. The van der Waals surface area contributed by atoms with Gasteiger partial charge in [0.1, 0.15) is 5.82 Å². The van der Waals surface area contributed by atoms with Crippen molar-refractivity contribution in [2.75, 3.05) is 38.2 Å². The van der Waals surface area contributed by atoms with Crippen molar-refractivity contribution in [1.29, 1.82) is 0 Å². The normalized spacial score (nSPS) is 11.7. The van der Waals surface area contributed by atoms with Gasteiger partial charge in [0.2, 0.25) is 0 Å². The van der Waals surface area contributed by atoms with Crippen LogP contribution in [0.1, 0.15) is 34.6 Å². The number of nitrogens with one attached hydrogen (secondary N) is 1. The Hall–Kier alpha value is -2.17. The quantitative estimate of drug-likeness (QED) is 0.444. The van der Waals surface area contributed by atoms with E-state index in [0.717, 1.165) is 48.7 Å². The number of benzene rings is 1. The van der Waals surface area contributed by atoms with Crippen molar-refractivity contribution in [3.63, 3.8) is 0 Å². The molecule has 1 N–H and O–H groups in total. The van der Waals surface area contributed by atoms with Crippen LogP contribution in [0.3, 0.4) is 0 Å². The third-order valence-electron chi connectivity index (χ3n) is 4.14. The monoisotopic (exact) mass is 369 g/mol. The summed E-state index contributed by atoms with van der Waals surface area (Å²) in [7, 11) is 0. The molecule has 0 bridgehead atoms. The summed E-state index contributed by atoms with van der Waals surface area (Å²) in [5.41, 5.74) is 2.00. The second-order valence-corrected chi connectivity index (χ2v) is 5.76. The summed E-state index contributed by atoms with van der Waals surface area (Å²) in [6, 6.07) is 12.2. The zero-order valence-electron chi connectivity index (χ0n) is 17.5. The molecule has 0 unspecified atom stereocenters. The van der Waals surface area contributed by atoms with Gasteiger partial charge in [0, 0.05) is 17.6 Å². The van der Waals surface area contributed by atoms with E-state index in [-0.39, 0.29) is 0 Å². The molecule has 0 spiro atoms. The lowest BCUT2D eigenvalue weighted by Gasteiger charge is -2.17.